The second kappa shape index (κ2) is 11.1. The van der Waals surface area contributed by atoms with Crippen molar-refractivity contribution in [3.05, 3.63) is 35.9 Å². The van der Waals surface area contributed by atoms with Crippen LogP contribution in [-0.2, 0) is 24.7 Å². The highest BCUT2D eigenvalue weighted by molar-refractivity contribution is 5.88. The number of alkyl halides is 2. The number of nitrogens with zero attached hydrogens (tertiary/aromatic N) is 6. The van der Waals surface area contributed by atoms with Gasteiger partial charge in [0, 0.05) is 44.7 Å². The Hall–Kier alpha value is -3.41. The topological polar surface area (TPSA) is 121 Å². The molecule has 1 aliphatic carbocycles. The van der Waals surface area contributed by atoms with Gasteiger partial charge in [0.25, 0.3) is 5.92 Å². The SMILES string of the molecule is Cn1ncc2c(N[C@@H](CCN(CCCCc3ccc4c(n3)NCCC4)C3CC(F)(F)C3)C(=O)O)ncnc21. The molecule has 0 spiro atoms. The summed E-state index contributed by atoms with van der Waals surface area (Å²) in [5.74, 6) is -2.29. The molecule has 0 bridgehead atoms. The Labute approximate surface area is 219 Å². The summed E-state index contributed by atoms with van der Waals surface area (Å²) in [4.78, 5) is 27.2. The number of carboxylic acids is 1. The fourth-order valence-corrected chi connectivity index (χ4v) is 5.29. The van der Waals surface area contributed by atoms with Crippen LogP contribution >= 0.6 is 0 Å². The third-order valence-corrected chi connectivity index (χ3v) is 7.51. The van der Waals surface area contributed by atoms with E-state index in [2.05, 4.69) is 37.8 Å². The fraction of sp³-hybridized carbons (Fsp3) is 0.577. The average molecular weight is 529 g/mol. The van der Waals surface area contributed by atoms with Crippen molar-refractivity contribution in [3.8, 4) is 0 Å². The summed E-state index contributed by atoms with van der Waals surface area (Å²) < 4.78 is 29.0. The quantitative estimate of drug-likeness (QED) is 0.303. The molecule has 4 heterocycles. The average Bonchev–Trinajstić information content (AvgIpc) is 3.27. The predicted molar refractivity (Wildman–Crippen MR) is 139 cm³/mol. The number of anilines is 2. The van der Waals surface area contributed by atoms with Crippen molar-refractivity contribution in [2.24, 2.45) is 7.05 Å². The van der Waals surface area contributed by atoms with Crippen LogP contribution in [0.1, 0.15) is 49.8 Å². The van der Waals surface area contributed by atoms with Crippen molar-refractivity contribution in [2.75, 3.05) is 30.3 Å². The van der Waals surface area contributed by atoms with Gasteiger partial charge in [-0.2, -0.15) is 5.10 Å². The van der Waals surface area contributed by atoms with E-state index in [1.165, 1.54) is 11.9 Å². The molecule has 2 aliphatic rings. The molecule has 12 heteroatoms. The molecule has 3 aromatic rings. The number of fused-ring (bicyclic) bond motifs is 2. The van der Waals surface area contributed by atoms with Crippen LogP contribution in [0.4, 0.5) is 20.4 Å². The summed E-state index contributed by atoms with van der Waals surface area (Å²) in [5.41, 5.74) is 2.88. The molecule has 1 aliphatic heterocycles. The van der Waals surface area contributed by atoms with Crippen LogP contribution in [0.25, 0.3) is 11.0 Å². The number of rotatable bonds is 12. The molecule has 1 fully saturated rings. The molecule has 38 heavy (non-hydrogen) atoms. The van der Waals surface area contributed by atoms with Gasteiger partial charge in [0.15, 0.2) is 5.65 Å². The summed E-state index contributed by atoms with van der Waals surface area (Å²) in [6, 6.07) is 3.05. The molecule has 5 rings (SSSR count). The molecule has 3 N–H and O–H groups in total. The van der Waals surface area contributed by atoms with E-state index in [1.807, 2.05) is 4.90 Å². The number of aliphatic carboxylic acids is 1. The van der Waals surface area contributed by atoms with Gasteiger partial charge in [-0.1, -0.05) is 6.07 Å². The number of hydrogen-bond donors (Lipinski definition) is 3. The van der Waals surface area contributed by atoms with Crippen molar-refractivity contribution in [3.63, 3.8) is 0 Å². The highest BCUT2D eigenvalue weighted by atomic mass is 19.3. The number of hydrogen-bond acceptors (Lipinski definition) is 8. The van der Waals surface area contributed by atoms with Gasteiger partial charge in [-0.05, 0) is 56.7 Å². The van der Waals surface area contributed by atoms with Crippen molar-refractivity contribution in [2.45, 2.75) is 69.4 Å². The van der Waals surface area contributed by atoms with E-state index in [0.29, 0.717) is 29.9 Å². The van der Waals surface area contributed by atoms with Crippen LogP contribution < -0.4 is 10.6 Å². The van der Waals surface area contributed by atoms with Gasteiger partial charge in [-0.25, -0.2) is 28.5 Å². The van der Waals surface area contributed by atoms with Crippen molar-refractivity contribution in [1.29, 1.82) is 0 Å². The van der Waals surface area contributed by atoms with Crippen LogP contribution in [0, 0.1) is 0 Å². The minimum Gasteiger partial charge on any atom is -0.480 e. The predicted octanol–water partition coefficient (Wildman–Crippen LogP) is 3.49. The number of carboxylic acid groups (broad SMARTS) is 1. The van der Waals surface area contributed by atoms with E-state index >= 15 is 0 Å². The molecule has 204 valence electrons. The monoisotopic (exact) mass is 528 g/mol. The van der Waals surface area contributed by atoms with Crippen LogP contribution in [0.2, 0.25) is 0 Å². The summed E-state index contributed by atoms with van der Waals surface area (Å²) in [7, 11) is 1.75. The summed E-state index contributed by atoms with van der Waals surface area (Å²) in [6.07, 6.45) is 7.53. The molecular weight excluding hydrogens is 494 g/mol. The number of pyridine rings is 1. The number of aryl methyl sites for hydroxylation is 3. The molecule has 0 unspecified atom stereocenters. The van der Waals surface area contributed by atoms with Crippen molar-refractivity contribution >= 4 is 28.6 Å². The lowest BCUT2D eigenvalue weighted by molar-refractivity contribution is -0.139. The Bertz CT molecular complexity index is 1280. The van der Waals surface area contributed by atoms with Gasteiger partial charge in [0.05, 0.1) is 11.6 Å². The molecular formula is C26H34F2N8O2. The van der Waals surface area contributed by atoms with Crippen molar-refractivity contribution < 1.29 is 18.7 Å². The van der Waals surface area contributed by atoms with E-state index < -0.39 is 17.9 Å². The van der Waals surface area contributed by atoms with E-state index in [-0.39, 0.29) is 25.3 Å². The largest absolute Gasteiger partial charge is 0.480 e. The van der Waals surface area contributed by atoms with Gasteiger partial charge in [0.2, 0.25) is 0 Å². The molecule has 0 saturated heterocycles. The lowest BCUT2D eigenvalue weighted by atomic mass is 9.86. The second-order valence-corrected chi connectivity index (χ2v) is 10.3. The normalized spacial score (nSPS) is 17.6. The zero-order valence-electron chi connectivity index (χ0n) is 21.5. The second-order valence-electron chi connectivity index (χ2n) is 10.3. The maximum atomic E-state index is 13.7. The highest BCUT2D eigenvalue weighted by Gasteiger charge is 2.47. The van der Waals surface area contributed by atoms with Crippen LogP contribution in [-0.4, -0.2) is 78.3 Å². The zero-order valence-corrected chi connectivity index (χ0v) is 21.5. The summed E-state index contributed by atoms with van der Waals surface area (Å²) >= 11 is 0. The Morgan fingerprint density at radius 2 is 2.13 bits per heavy atom. The van der Waals surface area contributed by atoms with Gasteiger partial charge in [0.1, 0.15) is 24.0 Å². The van der Waals surface area contributed by atoms with E-state index in [4.69, 9.17) is 4.98 Å². The first kappa shape index (κ1) is 26.2. The maximum absolute atomic E-state index is 13.7. The van der Waals surface area contributed by atoms with E-state index in [9.17, 15) is 18.7 Å². The smallest absolute Gasteiger partial charge is 0.326 e. The summed E-state index contributed by atoms with van der Waals surface area (Å²) in [6.45, 7) is 1.98. The lowest BCUT2D eigenvalue weighted by Crippen LogP contribution is -2.52. The molecule has 10 nitrogen and oxygen atoms in total. The third-order valence-electron chi connectivity index (χ3n) is 7.51. The van der Waals surface area contributed by atoms with Gasteiger partial charge in [-0.15, -0.1) is 0 Å². The van der Waals surface area contributed by atoms with Gasteiger partial charge < -0.3 is 15.7 Å². The maximum Gasteiger partial charge on any atom is 0.326 e. The first-order valence-corrected chi connectivity index (χ1v) is 13.3. The van der Waals surface area contributed by atoms with Gasteiger partial charge in [-0.3, -0.25) is 9.58 Å². The van der Waals surface area contributed by atoms with E-state index in [0.717, 1.165) is 50.2 Å². The number of unbranched alkanes of at least 4 members (excludes halogenated alkanes) is 1. The van der Waals surface area contributed by atoms with Gasteiger partial charge >= 0.3 is 5.97 Å². The molecule has 1 saturated carbocycles. The van der Waals surface area contributed by atoms with Crippen molar-refractivity contribution in [1.82, 2.24) is 29.6 Å². The number of halogens is 2. The van der Waals surface area contributed by atoms with E-state index in [1.54, 1.807) is 17.9 Å². The first-order chi connectivity index (χ1) is 18.3. The zero-order chi connectivity index (χ0) is 26.7. The minimum absolute atomic E-state index is 0.182. The molecule has 3 aromatic heterocycles. The number of carbonyl (C=O) groups is 1. The van der Waals surface area contributed by atoms with Crippen LogP contribution in [0.3, 0.4) is 0 Å². The fourth-order valence-electron chi connectivity index (χ4n) is 5.29. The molecule has 0 aromatic carbocycles. The Morgan fingerprint density at radius 1 is 1.29 bits per heavy atom. The third kappa shape index (κ3) is 6.01. The minimum atomic E-state index is -2.64. The van der Waals surface area contributed by atoms with Crippen LogP contribution in [0.15, 0.2) is 24.7 Å². The number of nitrogens with one attached hydrogen (secondary N) is 2. The number of aromatic nitrogens is 5. The molecule has 1 atom stereocenters. The molecule has 0 radical (unpaired) electrons. The summed E-state index contributed by atoms with van der Waals surface area (Å²) in [5, 5.41) is 21.0. The standard InChI is InChI=1S/C26H34F2N8O2/c1-35-24-20(15-32-35)23(30-16-31-24)34-21(25(37)38)9-12-36(19-13-26(27,28)14-19)11-3-2-6-18-8-7-17-5-4-10-29-22(17)33-18/h7-8,15-16,19,21H,2-6,9-14H2,1H3,(H,29,33)(H,37,38)(H,30,31,34)/t21-/m0/s1. The first-order valence-electron chi connectivity index (χ1n) is 13.3. The van der Waals surface area contributed by atoms with Crippen LogP contribution in [0.5, 0.6) is 0 Å². The Balaban J connectivity index is 1.18. The molecule has 0 amide bonds. The highest BCUT2D eigenvalue weighted by Crippen LogP contribution is 2.40. The lowest BCUT2D eigenvalue weighted by Gasteiger charge is -2.43. The Kier molecular flexibility index (Phi) is 7.68. The Morgan fingerprint density at radius 3 is 2.92 bits per heavy atom.